The van der Waals surface area contributed by atoms with Crippen LogP contribution in [0.5, 0.6) is 0 Å². The number of nitrogens with one attached hydrogen (secondary N) is 1. The van der Waals surface area contributed by atoms with Gasteiger partial charge in [-0.25, -0.2) is 0 Å². The first-order valence-electron chi connectivity index (χ1n) is 4.07. The van der Waals surface area contributed by atoms with Crippen molar-refractivity contribution in [3.63, 3.8) is 0 Å². The van der Waals surface area contributed by atoms with Crippen molar-refractivity contribution in [1.29, 1.82) is 0 Å². The predicted molar refractivity (Wildman–Crippen MR) is 44.1 cm³/mol. The Bertz CT molecular complexity index is 75.7. The number of aliphatic hydroxyl groups is 1. The lowest BCUT2D eigenvalue weighted by atomic mass is 10.2. The van der Waals surface area contributed by atoms with E-state index in [0.717, 1.165) is 12.8 Å². The second kappa shape index (κ2) is 5.69. The number of hydrogen-bond donors (Lipinski definition) is 2. The van der Waals surface area contributed by atoms with Crippen LogP contribution in [0.2, 0.25) is 0 Å². The van der Waals surface area contributed by atoms with E-state index in [-0.39, 0.29) is 6.61 Å². The van der Waals surface area contributed by atoms with Gasteiger partial charge in [-0.15, -0.1) is 0 Å². The summed E-state index contributed by atoms with van der Waals surface area (Å²) in [5.41, 5.74) is 0. The highest BCUT2D eigenvalue weighted by atomic mass is 16.3. The highest BCUT2D eigenvalue weighted by Gasteiger charge is 2.03. The molecule has 1 unspecified atom stereocenters. The molecular formula is C8H19NO. The molecule has 0 aromatic heterocycles. The van der Waals surface area contributed by atoms with Gasteiger partial charge in [0.2, 0.25) is 0 Å². The van der Waals surface area contributed by atoms with E-state index >= 15 is 0 Å². The van der Waals surface area contributed by atoms with Gasteiger partial charge < -0.3 is 10.4 Å². The van der Waals surface area contributed by atoms with Crippen molar-refractivity contribution in [2.24, 2.45) is 0 Å². The summed E-state index contributed by atoms with van der Waals surface area (Å²) in [6.45, 7) is 6.70. The van der Waals surface area contributed by atoms with Gasteiger partial charge in [0.15, 0.2) is 0 Å². The van der Waals surface area contributed by atoms with E-state index in [0.29, 0.717) is 12.1 Å². The summed E-state index contributed by atoms with van der Waals surface area (Å²) in [5, 5.41) is 12.0. The highest BCUT2D eigenvalue weighted by molar-refractivity contribution is 4.64. The molecule has 2 atom stereocenters. The summed E-state index contributed by atoms with van der Waals surface area (Å²) in [7, 11) is 0. The molecule has 0 amide bonds. The highest BCUT2D eigenvalue weighted by Crippen LogP contribution is 1.94. The Morgan fingerprint density at radius 2 is 1.90 bits per heavy atom. The Kier molecular flexibility index (Phi) is 5.64. The van der Waals surface area contributed by atoms with Crippen molar-refractivity contribution in [1.82, 2.24) is 5.32 Å². The van der Waals surface area contributed by atoms with E-state index in [1.165, 1.54) is 0 Å². The largest absolute Gasteiger partial charge is 0.396 e. The standard InChI is InChI=1S/C8H19NO/c1-4-7(2)9-8(3)5-6-10/h7-10H,4-6H2,1-3H3/t7?,8-/m1/s1. The number of hydrogen-bond acceptors (Lipinski definition) is 2. The lowest BCUT2D eigenvalue weighted by Gasteiger charge is -2.17. The minimum Gasteiger partial charge on any atom is -0.396 e. The molecule has 0 aliphatic heterocycles. The summed E-state index contributed by atoms with van der Waals surface area (Å²) in [4.78, 5) is 0. The van der Waals surface area contributed by atoms with Crippen LogP contribution in [-0.2, 0) is 0 Å². The molecule has 0 fully saturated rings. The van der Waals surface area contributed by atoms with Crippen LogP contribution in [0.25, 0.3) is 0 Å². The Morgan fingerprint density at radius 1 is 1.30 bits per heavy atom. The maximum atomic E-state index is 8.58. The monoisotopic (exact) mass is 145 g/mol. The maximum Gasteiger partial charge on any atom is 0.0445 e. The van der Waals surface area contributed by atoms with Crippen molar-refractivity contribution < 1.29 is 5.11 Å². The van der Waals surface area contributed by atoms with Crippen molar-refractivity contribution in [3.8, 4) is 0 Å². The molecule has 0 rings (SSSR count). The van der Waals surface area contributed by atoms with Gasteiger partial charge in [-0.2, -0.15) is 0 Å². The quantitative estimate of drug-likeness (QED) is 0.608. The molecule has 2 heteroatoms. The first-order chi connectivity index (χ1) is 4.70. The zero-order valence-corrected chi connectivity index (χ0v) is 7.22. The van der Waals surface area contributed by atoms with Crippen LogP contribution in [0.15, 0.2) is 0 Å². The van der Waals surface area contributed by atoms with Crippen LogP contribution in [0.1, 0.15) is 33.6 Å². The summed E-state index contributed by atoms with van der Waals surface area (Å²) in [6.07, 6.45) is 2.00. The molecule has 0 heterocycles. The van der Waals surface area contributed by atoms with Gasteiger partial charge in [-0.05, 0) is 26.7 Å². The van der Waals surface area contributed by atoms with Crippen molar-refractivity contribution in [2.45, 2.75) is 45.7 Å². The van der Waals surface area contributed by atoms with Gasteiger partial charge in [-0.1, -0.05) is 6.92 Å². The summed E-state index contributed by atoms with van der Waals surface area (Å²) < 4.78 is 0. The third kappa shape index (κ3) is 4.77. The molecule has 0 radical (unpaired) electrons. The topological polar surface area (TPSA) is 32.3 Å². The molecule has 10 heavy (non-hydrogen) atoms. The Balaban J connectivity index is 3.27. The smallest absolute Gasteiger partial charge is 0.0445 e. The predicted octanol–water partition coefficient (Wildman–Crippen LogP) is 1.15. The molecule has 0 aromatic carbocycles. The molecule has 0 saturated heterocycles. The minimum absolute atomic E-state index is 0.282. The molecule has 0 aromatic rings. The molecule has 2 nitrogen and oxygen atoms in total. The second-order valence-electron chi connectivity index (χ2n) is 2.89. The zero-order chi connectivity index (χ0) is 7.98. The summed E-state index contributed by atoms with van der Waals surface area (Å²) >= 11 is 0. The van der Waals surface area contributed by atoms with Gasteiger partial charge in [0.1, 0.15) is 0 Å². The fourth-order valence-corrected chi connectivity index (χ4v) is 0.881. The third-order valence-electron chi connectivity index (χ3n) is 1.74. The van der Waals surface area contributed by atoms with E-state index in [1.807, 2.05) is 0 Å². The minimum atomic E-state index is 0.282. The van der Waals surface area contributed by atoms with Gasteiger partial charge in [-0.3, -0.25) is 0 Å². The van der Waals surface area contributed by atoms with Crippen molar-refractivity contribution >= 4 is 0 Å². The zero-order valence-electron chi connectivity index (χ0n) is 7.22. The van der Waals surface area contributed by atoms with Crippen LogP contribution in [-0.4, -0.2) is 23.8 Å². The van der Waals surface area contributed by atoms with E-state index < -0.39 is 0 Å². The van der Waals surface area contributed by atoms with Gasteiger partial charge in [0, 0.05) is 18.7 Å². The first-order valence-corrected chi connectivity index (χ1v) is 4.07. The molecule has 2 N–H and O–H groups in total. The summed E-state index contributed by atoms with van der Waals surface area (Å²) in [5.74, 6) is 0. The molecule has 62 valence electrons. The number of rotatable bonds is 5. The van der Waals surface area contributed by atoms with Crippen LogP contribution >= 0.6 is 0 Å². The Labute approximate surface area is 63.6 Å². The normalized spacial score (nSPS) is 16.8. The lowest BCUT2D eigenvalue weighted by molar-refractivity contribution is 0.263. The Hall–Kier alpha value is -0.0800. The van der Waals surface area contributed by atoms with Crippen LogP contribution in [0.3, 0.4) is 0 Å². The molecule has 0 aliphatic rings. The van der Waals surface area contributed by atoms with Gasteiger partial charge in [0.05, 0.1) is 0 Å². The van der Waals surface area contributed by atoms with Crippen molar-refractivity contribution in [3.05, 3.63) is 0 Å². The van der Waals surface area contributed by atoms with Gasteiger partial charge in [0.25, 0.3) is 0 Å². The third-order valence-corrected chi connectivity index (χ3v) is 1.74. The van der Waals surface area contributed by atoms with E-state index in [1.54, 1.807) is 0 Å². The molecule has 0 aliphatic carbocycles. The second-order valence-corrected chi connectivity index (χ2v) is 2.89. The van der Waals surface area contributed by atoms with Crippen LogP contribution in [0, 0.1) is 0 Å². The van der Waals surface area contributed by atoms with Crippen LogP contribution < -0.4 is 5.32 Å². The average molecular weight is 145 g/mol. The summed E-state index contributed by atoms with van der Waals surface area (Å²) in [6, 6.07) is 1.02. The van der Waals surface area contributed by atoms with E-state index in [9.17, 15) is 0 Å². The first kappa shape index (κ1) is 9.92. The molecule has 0 bridgehead atoms. The lowest BCUT2D eigenvalue weighted by Crippen LogP contribution is -2.34. The van der Waals surface area contributed by atoms with Crippen LogP contribution in [0.4, 0.5) is 0 Å². The van der Waals surface area contributed by atoms with E-state index in [2.05, 4.69) is 26.1 Å². The molecule has 0 spiro atoms. The number of aliphatic hydroxyl groups excluding tert-OH is 1. The van der Waals surface area contributed by atoms with E-state index in [4.69, 9.17) is 5.11 Å². The van der Waals surface area contributed by atoms with Gasteiger partial charge >= 0.3 is 0 Å². The molecular weight excluding hydrogens is 126 g/mol. The Morgan fingerprint density at radius 3 is 2.30 bits per heavy atom. The SMILES string of the molecule is CCC(C)N[C@H](C)CCO. The molecule has 0 saturated carbocycles. The fourth-order valence-electron chi connectivity index (χ4n) is 0.881. The fraction of sp³-hybridized carbons (Fsp3) is 1.00. The maximum absolute atomic E-state index is 8.58. The van der Waals surface area contributed by atoms with Crippen molar-refractivity contribution in [2.75, 3.05) is 6.61 Å². The average Bonchev–Trinajstić information content (AvgIpc) is 1.88.